The molecule has 4 aromatic rings. The number of fused-ring (bicyclic) bond motifs is 2. The maximum Gasteiger partial charge on any atom is 0.344 e. The second kappa shape index (κ2) is 11.9. The van der Waals surface area contributed by atoms with Crippen molar-refractivity contribution in [3.05, 3.63) is 81.0 Å². The lowest BCUT2D eigenvalue weighted by atomic mass is 10.1. The summed E-state index contributed by atoms with van der Waals surface area (Å²) in [6, 6.07) is 14.2. The van der Waals surface area contributed by atoms with Crippen LogP contribution in [0.2, 0.25) is 0 Å². The van der Waals surface area contributed by atoms with Gasteiger partial charge >= 0.3 is 23.2 Å². The number of unbranched alkanes of at least 4 members (excludes halogenated alkanes) is 1. The number of rotatable bonds is 11. The van der Waals surface area contributed by atoms with E-state index in [1.165, 1.54) is 18.2 Å². The van der Waals surface area contributed by atoms with Crippen LogP contribution in [0.25, 0.3) is 21.9 Å². The molecule has 0 saturated carbocycles. The zero-order valence-electron chi connectivity index (χ0n) is 20.0. The molecule has 0 N–H and O–H groups in total. The summed E-state index contributed by atoms with van der Waals surface area (Å²) in [6.45, 7) is 1.49. The first kappa shape index (κ1) is 25.5. The molecule has 0 fully saturated rings. The monoisotopic (exact) mass is 508 g/mol. The number of benzene rings is 2. The zero-order chi connectivity index (χ0) is 26.2. The summed E-state index contributed by atoms with van der Waals surface area (Å²) in [5.41, 5.74) is 0.594. The van der Waals surface area contributed by atoms with Crippen molar-refractivity contribution < 1.29 is 37.4 Å². The molecular formula is C27H24O10. The third-order valence-corrected chi connectivity index (χ3v) is 5.30. The highest BCUT2D eigenvalue weighted by Gasteiger charge is 2.09. The van der Waals surface area contributed by atoms with Crippen LogP contribution in [0.15, 0.2) is 73.0 Å². The first-order valence-corrected chi connectivity index (χ1v) is 11.5. The van der Waals surface area contributed by atoms with Gasteiger partial charge in [-0.1, -0.05) is 0 Å². The fourth-order valence-corrected chi connectivity index (χ4v) is 3.47. The standard InChI is InChI=1S/C27H24O10/c1-17-12-25(29)37-23-14-20(7-8-21(17)23)35-16-27(31)33-11-3-2-10-32-26(30)15-34-19-6-4-18-5-9-24(28)36-22(18)13-19/h4-9,12-14H,2-3,10-11,15-16H2,1H3. The molecule has 0 aliphatic carbocycles. The normalized spacial score (nSPS) is 10.8. The third kappa shape index (κ3) is 7.20. The summed E-state index contributed by atoms with van der Waals surface area (Å²) in [7, 11) is 0. The third-order valence-electron chi connectivity index (χ3n) is 5.30. The maximum atomic E-state index is 11.9. The molecule has 10 nitrogen and oxygen atoms in total. The van der Waals surface area contributed by atoms with Gasteiger partial charge in [-0.15, -0.1) is 0 Å². The molecule has 37 heavy (non-hydrogen) atoms. The Bertz CT molecular complexity index is 1530. The van der Waals surface area contributed by atoms with Gasteiger partial charge in [0.1, 0.15) is 22.7 Å². The maximum absolute atomic E-state index is 11.9. The van der Waals surface area contributed by atoms with E-state index in [1.807, 2.05) is 0 Å². The van der Waals surface area contributed by atoms with Crippen LogP contribution in [0.1, 0.15) is 18.4 Å². The van der Waals surface area contributed by atoms with Crippen molar-refractivity contribution in [2.75, 3.05) is 26.4 Å². The molecule has 10 heteroatoms. The Morgan fingerprint density at radius 1 is 0.703 bits per heavy atom. The van der Waals surface area contributed by atoms with Gasteiger partial charge < -0.3 is 27.8 Å². The molecule has 0 saturated heterocycles. The molecule has 2 aromatic heterocycles. The van der Waals surface area contributed by atoms with Gasteiger partial charge in [-0.05, 0) is 55.7 Å². The van der Waals surface area contributed by atoms with Crippen LogP contribution in [-0.4, -0.2) is 38.4 Å². The van der Waals surface area contributed by atoms with Gasteiger partial charge in [0.05, 0.1) is 13.2 Å². The minimum atomic E-state index is -0.554. The van der Waals surface area contributed by atoms with E-state index < -0.39 is 23.2 Å². The number of esters is 2. The molecule has 0 atom stereocenters. The minimum absolute atomic E-state index is 0.143. The van der Waals surface area contributed by atoms with E-state index >= 15 is 0 Å². The summed E-state index contributed by atoms with van der Waals surface area (Å²) in [5.74, 6) is -0.360. The first-order chi connectivity index (χ1) is 17.9. The molecule has 192 valence electrons. The highest BCUT2D eigenvalue weighted by atomic mass is 16.6. The van der Waals surface area contributed by atoms with Crippen LogP contribution in [0.3, 0.4) is 0 Å². The second-order valence-corrected chi connectivity index (χ2v) is 8.09. The van der Waals surface area contributed by atoms with Crippen LogP contribution in [0.4, 0.5) is 0 Å². The Morgan fingerprint density at radius 3 is 1.95 bits per heavy atom. The number of carbonyl (C=O) groups is 2. The van der Waals surface area contributed by atoms with Gasteiger partial charge in [0.25, 0.3) is 0 Å². The Kier molecular flexibility index (Phi) is 8.19. The van der Waals surface area contributed by atoms with Crippen molar-refractivity contribution in [1.29, 1.82) is 0 Å². The van der Waals surface area contributed by atoms with Gasteiger partial charge in [-0.2, -0.15) is 0 Å². The van der Waals surface area contributed by atoms with Crippen LogP contribution in [0.5, 0.6) is 11.5 Å². The smallest absolute Gasteiger partial charge is 0.344 e. The predicted octanol–water partition coefficient (Wildman–Crippen LogP) is 3.53. The van der Waals surface area contributed by atoms with E-state index in [9.17, 15) is 19.2 Å². The van der Waals surface area contributed by atoms with Crippen molar-refractivity contribution in [3.8, 4) is 11.5 Å². The van der Waals surface area contributed by atoms with E-state index in [1.54, 1.807) is 43.3 Å². The number of carbonyl (C=O) groups excluding carboxylic acids is 2. The Morgan fingerprint density at radius 2 is 1.27 bits per heavy atom. The molecule has 0 radical (unpaired) electrons. The van der Waals surface area contributed by atoms with E-state index in [2.05, 4.69) is 0 Å². The summed E-state index contributed by atoms with van der Waals surface area (Å²) in [6.07, 6.45) is 0.980. The first-order valence-electron chi connectivity index (χ1n) is 11.5. The number of hydrogen-bond acceptors (Lipinski definition) is 10. The van der Waals surface area contributed by atoms with Crippen molar-refractivity contribution in [3.63, 3.8) is 0 Å². The second-order valence-electron chi connectivity index (χ2n) is 8.09. The molecule has 4 rings (SSSR count). The van der Waals surface area contributed by atoms with Crippen LogP contribution >= 0.6 is 0 Å². The van der Waals surface area contributed by atoms with Crippen LogP contribution < -0.4 is 20.7 Å². The minimum Gasteiger partial charge on any atom is -0.482 e. The molecule has 0 aliphatic rings. The average molecular weight is 508 g/mol. The molecular weight excluding hydrogens is 484 g/mol. The number of aryl methyl sites for hydroxylation is 1. The summed E-state index contributed by atoms with van der Waals surface area (Å²) in [5, 5.41) is 1.52. The van der Waals surface area contributed by atoms with E-state index in [0.717, 1.165) is 16.3 Å². The number of ether oxygens (including phenoxy) is 4. The largest absolute Gasteiger partial charge is 0.482 e. The van der Waals surface area contributed by atoms with E-state index in [0.29, 0.717) is 35.5 Å². The molecule has 0 bridgehead atoms. The number of hydrogen-bond donors (Lipinski definition) is 0. The van der Waals surface area contributed by atoms with Gasteiger partial charge in [0.2, 0.25) is 0 Å². The van der Waals surface area contributed by atoms with Crippen LogP contribution in [0, 0.1) is 6.92 Å². The SMILES string of the molecule is Cc1cc(=O)oc2cc(OCC(=O)OCCCCOC(=O)COc3ccc4ccc(=O)oc4c3)ccc12. The van der Waals surface area contributed by atoms with Gasteiger partial charge in [0, 0.05) is 35.0 Å². The van der Waals surface area contributed by atoms with Gasteiger partial charge in [0.15, 0.2) is 13.2 Å². The molecule has 2 aromatic carbocycles. The lowest BCUT2D eigenvalue weighted by Gasteiger charge is -2.09. The Balaban J connectivity index is 1.09. The lowest BCUT2D eigenvalue weighted by Crippen LogP contribution is -2.17. The molecule has 2 heterocycles. The average Bonchev–Trinajstić information content (AvgIpc) is 2.87. The lowest BCUT2D eigenvalue weighted by molar-refractivity contribution is -0.148. The van der Waals surface area contributed by atoms with Crippen molar-refractivity contribution in [2.24, 2.45) is 0 Å². The topological polar surface area (TPSA) is 131 Å². The van der Waals surface area contributed by atoms with Gasteiger partial charge in [-0.25, -0.2) is 19.2 Å². The highest BCUT2D eigenvalue weighted by molar-refractivity contribution is 5.81. The molecule has 0 unspecified atom stereocenters. The fraction of sp³-hybridized carbons (Fsp3) is 0.259. The summed E-state index contributed by atoms with van der Waals surface area (Å²) < 4.78 is 31.2. The quantitative estimate of drug-likeness (QED) is 0.168. The van der Waals surface area contributed by atoms with Crippen molar-refractivity contribution in [2.45, 2.75) is 19.8 Å². The molecule has 0 aliphatic heterocycles. The van der Waals surface area contributed by atoms with Gasteiger partial charge in [-0.3, -0.25) is 0 Å². The van der Waals surface area contributed by atoms with E-state index in [4.69, 9.17) is 27.8 Å². The predicted molar refractivity (Wildman–Crippen MR) is 132 cm³/mol. The Hall–Kier alpha value is -4.60. The summed E-state index contributed by atoms with van der Waals surface area (Å²) in [4.78, 5) is 46.6. The van der Waals surface area contributed by atoms with Crippen LogP contribution in [-0.2, 0) is 19.1 Å². The highest BCUT2D eigenvalue weighted by Crippen LogP contribution is 2.22. The Labute approximate surface area is 210 Å². The zero-order valence-corrected chi connectivity index (χ0v) is 20.0. The molecule has 0 amide bonds. The van der Waals surface area contributed by atoms with Crippen molar-refractivity contribution >= 4 is 33.9 Å². The molecule has 0 spiro atoms. The fourth-order valence-electron chi connectivity index (χ4n) is 3.47. The summed E-state index contributed by atoms with van der Waals surface area (Å²) >= 11 is 0. The van der Waals surface area contributed by atoms with E-state index in [-0.39, 0.29) is 26.4 Å². The van der Waals surface area contributed by atoms with Crippen molar-refractivity contribution in [1.82, 2.24) is 0 Å².